The standard InChI is InChI=1S/C32H43N7O7S/c1-7-31(12-15-38(16-13-31)47(44,45)33-5)28(42)39(37(6)29(43)46-30(2,3)4)20-25(40)35-23-11-10-21-18-32(19-22(21)17-23)24-9-8-14-34-26(24)36-27(32)41/h8-11,14,17,33H,7,12-13,15-16,18-20H2,1-6H3,(H,35,40)(H,34,36,41)/t32-/m1/s1. The van der Waals surface area contributed by atoms with Gasteiger partial charge in [0, 0.05) is 44.6 Å². The summed E-state index contributed by atoms with van der Waals surface area (Å²) in [4.78, 5) is 58.4. The molecule has 3 N–H and O–H groups in total. The highest BCUT2D eigenvalue weighted by Crippen LogP contribution is 2.47. The van der Waals surface area contributed by atoms with Crippen molar-refractivity contribution in [3.05, 3.63) is 53.2 Å². The van der Waals surface area contributed by atoms with Gasteiger partial charge in [-0.2, -0.15) is 12.7 Å². The molecule has 3 heterocycles. The molecular formula is C32H43N7O7S. The van der Waals surface area contributed by atoms with E-state index in [0.717, 1.165) is 26.7 Å². The van der Waals surface area contributed by atoms with Crippen LogP contribution in [-0.2, 0) is 47.6 Å². The molecule has 1 aliphatic carbocycles. The molecule has 47 heavy (non-hydrogen) atoms. The Labute approximate surface area is 275 Å². The molecule has 5 rings (SSSR count). The molecular weight excluding hydrogens is 626 g/mol. The fraction of sp³-hybridized carbons (Fsp3) is 0.531. The first-order valence-corrected chi connectivity index (χ1v) is 17.1. The van der Waals surface area contributed by atoms with E-state index in [9.17, 15) is 27.6 Å². The van der Waals surface area contributed by atoms with Crippen molar-refractivity contribution in [1.82, 2.24) is 24.0 Å². The number of benzene rings is 1. The highest BCUT2D eigenvalue weighted by atomic mass is 32.2. The number of amides is 4. The zero-order valence-corrected chi connectivity index (χ0v) is 28.5. The van der Waals surface area contributed by atoms with Crippen LogP contribution in [0.5, 0.6) is 0 Å². The lowest BCUT2D eigenvalue weighted by Gasteiger charge is -2.43. The van der Waals surface area contributed by atoms with E-state index < -0.39 is 51.1 Å². The summed E-state index contributed by atoms with van der Waals surface area (Å²) in [5, 5.41) is 7.85. The number of hydrogen-bond donors (Lipinski definition) is 3. The minimum atomic E-state index is -3.67. The third kappa shape index (κ3) is 6.56. The summed E-state index contributed by atoms with van der Waals surface area (Å²) < 4.78 is 33.9. The van der Waals surface area contributed by atoms with E-state index >= 15 is 0 Å². The summed E-state index contributed by atoms with van der Waals surface area (Å²) in [6, 6.07) is 9.19. The lowest BCUT2D eigenvalue weighted by molar-refractivity contribution is -0.161. The second kappa shape index (κ2) is 12.5. The maximum atomic E-state index is 14.3. The number of fused-ring (bicyclic) bond motifs is 3. The van der Waals surface area contributed by atoms with Crippen LogP contribution in [0.4, 0.5) is 16.3 Å². The average molecular weight is 670 g/mol. The maximum Gasteiger partial charge on any atom is 0.429 e. The molecule has 2 aromatic rings. The number of nitrogens with zero attached hydrogens (tertiary/aromatic N) is 4. The van der Waals surface area contributed by atoms with Gasteiger partial charge in [-0.1, -0.05) is 19.1 Å². The van der Waals surface area contributed by atoms with Crippen LogP contribution in [0, 0.1) is 5.41 Å². The van der Waals surface area contributed by atoms with Crippen molar-refractivity contribution in [3.63, 3.8) is 0 Å². The van der Waals surface area contributed by atoms with Gasteiger partial charge in [0.25, 0.3) is 10.2 Å². The Hall–Kier alpha value is -4.08. The Kier molecular flexibility index (Phi) is 9.12. The van der Waals surface area contributed by atoms with E-state index in [1.165, 1.54) is 18.4 Å². The number of carbonyl (C=O) groups excluding carboxylic acids is 4. The van der Waals surface area contributed by atoms with Gasteiger partial charge in [-0.3, -0.25) is 14.4 Å². The fourth-order valence-corrected chi connectivity index (χ4v) is 7.62. The Morgan fingerprint density at radius 1 is 1.11 bits per heavy atom. The summed E-state index contributed by atoms with van der Waals surface area (Å²) in [6.45, 7) is 6.66. The van der Waals surface area contributed by atoms with Gasteiger partial charge in [-0.25, -0.2) is 24.5 Å². The summed E-state index contributed by atoms with van der Waals surface area (Å²) in [6.07, 6.45) is 2.58. The van der Waals surface area contributed by atoms with E-state index in [1.54, 1.807) is 33.0 Å². The zero-order valence-electron chi connectivity index (χ0n) is 27.7. The van der Waals surface area contributed by atoms with Crippen LogP contribution in [0.15, 0.2) is 36.5 Å². The first-order valence-electron chi connectivity index (χ1n) is 15.7. The predicted molar refractivity (Wildman–Crippen MR) is 174 cm³/mol. The van der Waals surface area contributed by atoms with Gasteiger partial charge in [0.1, 0.15) is 18.0 Å². The highest BCUT2D eigenvalue weighted by molar-refractivity contribution is 7.87. The molecule has 2 aliphatic heterocycles. The van der Waals surface area contributed by atoms with Crippen LogP contribution in [0.25, 0.3) is 0 Å². The van der Waals surface area contributed by atoms with Gasteiger partial charge in [-0.15, -0.1) is 0 Å². The third-order valence-electron chi connectivity index (χ3n) is 9.42. The van der Waals surface area contributed by atoms with Crippen molar-refractivity contribution < 1.29 is 32.3 Å². The Bertz CT molecular complexity index is 1700. The smallest absolute Gasteiger partial charge is 0.429 e. The minimum absolute atomic E-state index is 0.105. The number of nitrogens with one attached hydrogen (secondary N) is 3. The molecule has 1 saturated heterocycles. The number of hydrazine groups is 1. The van der Waals surface area contributed by atoms with Crippen molar-refractivity contribution in [1.29, 1.82) is 0 Å². The van der Waals surface area contributed by atoms with Crippen molar-refractivity contribution in [2.24, 2.45) is 5.41 Å². The summed E-state index contributed by atoms with van der Waals surface area (Å²) in [7, 11) is -0.969. The number of ether oxygens (including phenoxy) is 1. The largest absolute Gasteiger partial charge is 0.442 e. The number of carbonyl (C=O) groups is 4. The zero-order chi connectivity index (χ0) is 34.4. The Balaban J connectivity index is 1.35. The number of hydrogen-bond acceptors (Lipinski definition) is 8. The van der Waals surface area contributed by atoms with Crippen LogP contribution in [0.3, 0.4) is 0 Å². The van der Waals surface area contributed by atoms with E-state index in [0.29, 0.717) is 30.8 Å². The van der Waals surface area contributed by atoms with Crippen molar-refractivity contribution in [2.75, 3.05) is 44.4 Å². The van der Waals surface area contributed by atoms with Gasteiger partial charge in [0.15, 0.2) is 0 Å². The van der Waals surface area contributed by atoms with E-state index in [-0.39, 0.29) is 31.8 Å². The molecule has 0 radical (unpaired) electrons. The second-order valence-electron chi connectivity index (χ2n) is 13.4. The van der Waals surface area contributed by atoms with Crippen LogP contribution in [0.1, 0.15) is 63.6 Å². The lowest BCUT2D eigenvalue weighted by atomic mass is 9.75. The van der Waals surface area contributed by atoms with Crippen LogP contribution < -0.4 is 15.4 Å². The average Bonchev–Trinajstić information content (AvgIpc) is 3.54. The number of pyridine rings is 1. The van der Waals surface area contributed by atoms with Gasteiger partial charge in [-0.05, 0) is 82.2 Å². The molecule has 254 valence electrons. The molecule has 14 nitrogen and oxygen atoms in total. The van der Waals surface area contributed by atoms with Crippen LogP contribution >= 0.6 is 0 Å². The van der Waals surface area contributed by atoms with Crippen molar-refractivity contribution in [2.45, 2.75) is 70.8 Å². The molecule has 1 fully saturated rings. The first-order chi connectivity index (χ1) is 22.0. The molecule has 0 unspecified atom stereocenters. The summed E-state index contributed by atoms with van der Waals surface area (Å²) >= 11 is 0. The van der Waals surface area contributed by atoms with E-state index in [4.69, 9.17) is 4.74 Å². The van der Waals surface area contributed by atoms with Crippen LogP contribution in [0.2, 0.25) is 0 Å². The van der Waals surface area contributed by atoms with Gasteiger partial charge in [0.05, 0.1) is 10.8 Å². The van der Waals surface area contributed by atoms with Gasteiger partial charge < -0.3 is 15.4 Å². The quantitative estimate of drug-likeness (QED) is 0.378. The van der Waals surface area contributed by atoms with Crippen LogP contribution in [-0.4, -0.2) is 90.9 Å². The lowest BCUT2D eigenvalue weighted by Crippen LogP contribution is -2.58. The summed E-state index contributed by atoms with van der Waals surface area (Å²) in [5.74, 6) is -0.556. The third-order valence-corrected chi connectivity index (χ3v) is 11.0. The van der Waals surface area contributed by atoms with Gasteiger partial charge in [0.2, 0.25) is 17.7 Å². The number of piperidine rings is 1. The molecule has 1 spiro atoms. The molecule has 1 aromatic carbocycles. The van der Waals surface area contributed by atoms with Crippen molar-refractivity contribution >= 4 is 45.5 Å². The minimum Gasteiger partial charge on any atom is -0.442 e. The molecule has 1 aromatic heterocycles. The van der Waals surface area contributed by atoms with E-state index in [1.807, 2.05) is 31.2 Å². The first kappa shape index (κ1) is 34.3. The predicted octanol–water partition coefficient (Wildman–Crippen LogP) is 2.58. The molecule has 0 bridgehead atoms. The molecule has 4 amide bonds. The molecule has 0 saturated carbocycles. The maximum absolute atomic E-state index is 14.3. The van der Waals surface area contributed by atoms with Crippen molar-refractivity contribution in [3.8, 4) is 0 Å². The monoisotopic (exact) mass is 669 g/mol. The fourth-order valence-electron chi connectivity index (χ4n) is 6.70. The number of rotatable bonds is 7. The molecule has 1 atom stereocenters. The Morgan fingerprint density at radius 2 is 1.79 bits per heavy atom. The Morgan fingerprint density at radius 3 is 2.43 bits per heavy atom. The molecule has 15 heteroatoms. The molecule has 3 aliphatic rings. The second-order valence-corrected chi connectivity index (χ2v) is 15.3. The normalized spacial score (nSPS) is 20.3. The number of aromatic nitrogens is 1. The topological polar surface area (TPSA) is 170 Å². The summed E-state index contributed by atoms with van der Waals surface area (Å²) in [5.41, 5.74) is 0.626. The van der Waals surface area contributed by atoms with E-state index in [2.05, 4.69) is 20.3 Å². The number of anilines is 2. The van der Waals surface area contributed by atoms with Gasteiger partial charge >= 0.3 is 6.09 Å². The SMILES string of the molecule is CCC1(C(=O)N(CC(=O)Nc2ccc3c(c2)C[C@@]2(C3)C(=O)Nc3ncccc32)N(C)C(=O)OC(C)(C)C)CCN(S(=O)(=O)NC)CC1. The highest BCUT2D eigenvalue weighted by Gasteiger charge is 2.51.